The fourth-order valence-corrected chi connectivity index (χ4v) is 9.27. The number of amides is 5. The second kappa shape index (κ2) is 28.1. The van der Waals surface area contributed by atoms with E-state index in [2.05, 4.69) is 31.9 Å². The Kier molecular flexibility index (Phi) is 21.5. The van der Waals surface area contributed by atoms with Crippen LogP contribution in [0.5, 0.6) is 11.5 Å². The molecule has 6 aromatic rings. The van der Waals surface area contributed by atoms with Gasteiger partial charge in [-0.3, -0.25) is 24.0 Å². The van der Waals surface area contributed by atoms with E-state index in [0.29, 0.717) is 99.1 Å². The van der Waals surface area contributed by atoms with Crippen LogP contribution in [0.4, 0.5) is 11.4 Å². The number of benzene rings is 4. The van der Waals surface area contributed by atoms with Crippen LogP contribution in [0.1, 0.15) is 84.0 Å². The molecule has 0 aliphatic carbocycles. The number of nitrogens with two attached hydrogens (primary N) is 3. The minimum Gasteiger partial charge on any atom is -0.497 e. The maximum Gasteiger partial charge on any atom is 0.243 e. The number of nitrogens with one attached hydrogen (secondary N) is 6. The third-order valence-electron chi connectivity index (χ3n) is 12.8. The fraction of sp³-hybridized carbons (Fsp3) is 0.426. The van der Waals surface area contributed by atoms with Crippen molar-refractivity contribution in [1.29, 1.82) is 0 Å². The molecule has 2 aromatic heterocycles. The number of unbranched alkanes of at least 4 members (excludes halogenated alkanes) is 4. The number of primary amides is 1. The standard InChI is InChI=1S/C54H69Cl2N11O7/c1-32(68)62-44(15-7-11-27-61-50-38-21-17-34(56)29-48(38)64-42-23-19-36(74-3)31-40(42)50)52(70)66-46(14-5-9-25-58)54(72)67-45(13-4-8-24-57)53(71)65-43(51(59)69)12-6-10-26-60-49-37-20-16-33(55)28-47(37)63-41-22-18-35(73-2)30-39(41)49/h16-23,28-31,43-46H,4-15,24-27,57-58H2,1-3H3,(H2,59,69)(H,60,63)(H,61,64)(H,62,68)(H,65,71)(H,66,70)(H,67,72)/t43-,44-,45-,46-/m0/s1. The van der Waals surface area contributed by atoms with Crippen LogP contribution in [0.2, 0.25) is 10.0 Å². The predicted molar refractivity (Wildman–Crippen MR) is 295 cm³/mol. The Morgan fingerprint density at radius 1 is 0.500 bits per heavy atom. The fourth-order valence-electron chi connectivity index (χ4n) is 8.94. The molecule has 0 aliphatic rings. The van der Waals surface area contributed by atoms with Gasteiger partial charge in [-0.15, -0.1) is 0 Å². The molecule has 74 heavy (non-hydrogen) atoms. The predicted octanol–water partition coefficient (Wildman–Crippen LogP) is 6.98. The van der Waals surface area contributed by atoms with Gasteiger partial charge in [-0.1, -0.05) is 23.2 Å². The maximum absolute atomic E-state index is 14.1. The molecule has 0 unspecified atom stereocenters. The van der Waals surface area contributed by atoms with E-state index in [1.165, 1.54) is 6.92 Å². The maximum atomic E-state index is 14.1. The van der Waals surface area contributed by atoms with E-state index in [0.717, 1.165) is 55.0 Å². The van der Waals surface area contributed by atoms with Crippen molar-refractivity contribution in [1.82, 2.24) is 31.2 Å². The number of hydrogen-bond donors (Lipinski definition) is 9. The first kappa shape index (κ1) is 56.6. The highest BCUT2D eigenvalue weighted by Gasteiger charge is 2.31. The Bertz CT molecular complexity index is 2930. The Labute approximate surface area is 441 Å². The summed E-state index contributed by atoms with van der Waals surface area (Å²) < 4.78 is 11.0. The second-order valence-corrected chi connectivity index (χ2v) is 19.2. The molecule has 5 amide bonds. The van der Waals surface area contributed by atoms with Crippen LogP contribution in [0.15, 0.2) is 72.8 Å². The summed E-state index contributed by atoms with van der Waals surface area (Å²) >= 11 is 12.6. The molecule has 0 spiro atoms. The van der Waals surface area contributed by atoms with Crippen molar-refractivity contribution in [3.05, 3.63) is 82.8 Å². The van der Waals surface area contributed by atoms with Crippen LogP contribution >= 0.6 is 23.2 Å². The smallest absolute Gasteiger partial charge is 0.243 e. The highest BCUT2D eigenvalue weighted by Crippen LogP contribution is 2.36. The molecule has 0 radical (unpaired) electrons. The van der Waals surface area contributed by atoms with Crippen LogP contribution in [0, 0.1) is 0 Å². The average molecular weight is 1060 g/mol. The average Bonchev–Trinajstić information content (AvgIpc) is 3.38. The second-order valence-electron chi connectivity index (χ2n) is 18.3. The summed E-state index contributed by atoms with van der Waals surface area (Å²) in [6, 6.07) is 18.3. The molecule has 0 saturated carbocycles. The molecule has 4 atom stereocenters. The number of anilines is 2. The number of fused-ring (bicyclic) bond motifs is 4. The van der Waals surface area contributed by atoms with Crippen LogP contribution in [-0.2, 0) is 24.0 Å². The van der Waals surface area contributed by atoms with Gasteiger partial charge in [0.05, 0.1) is 47.7 Å². The van der Waals surface area contributed by atoms with E-state index in [1.807, 2.05) is 72.8 Å². The molecule has 20 heteroatoms. The van der Waals surface area contributed by atoms with Gasteiger partial charge in [-0.25, -0.2) is 9.97 Å². The Hall–Kier alpha value is -6.73. The zero-order valence-corrected chi connectivity index (χ0v) is 43.8. The third kappa shape index (κ3) is 15.6. The van der Waals surface area contributed by atoms with Crippen molar-refractivity contribution >= 4 is 108 Å². The summed E-state index contributed by atoms with van der Waals surface area (Å²) in [7, 11) is 3.21. The molecule has 2 heterocycles. The summed E-state index contributed by atoms with van der Waals surface area (Å²) in [6.07, 6.45) is 5.42. The number of carbonyl (C=O) groups excluding carboxylic acids is 5. The van der Waals surface area contributed by atoms with Gasteiger partial charge in [0.15, 0.2) is 0 Å². The minimum absolute atomic E-state index is 0.215. The lowest BCUT2D eigenvalue weighted by Crippen LogP contribution is -2.58. The van der Waals surface area contributed by atoms with Crippen molar-refractivity contribution in [2.75, 3.05) is 51.0 Å². The van der Waals surface area contributed by atoms with Gasteiger partial charge >= 0.3 is 0 Å². The van der Waals surface area contributed by atoms with Crippen molar-refractivity contribution < 1.29 is 33.4 Å². The molecular formula is C54H69Cl2N11O7. The van der Waals surface area contributed by atoms with E-state index < -0.39 is 53.7 Å². The molecule has 6 rings (SSSR count). The Morgan fingerprint density at radius 3 is 1.28 bits per heavy atom. The van der Waals surface area contributed by atoms with Crippen molar-refractivity contribution in [2.45, 2.75) is 108 Å². The van der Waals surface area contributed by atoms with E-state index in [4.69, 9.17) is 59.8 Å². The SMILES string of the molecule is COc1ccc2nc3cc(Cl)ccc3c(NCCCC[C@H](NC(=O)[C@H](CCCCN)NC(=O)[C@H](CCCCN)NC(=O)[C@H](CCCCNc3c4ccc(Cl)cc4nc4ccc(OC)cc34)NC(C)=O)C(N)=O)c2c1. The van der Waals surface area contributed by atoms with Gasteiger partial charge in [-0.2, -0.15) is 0 Å². The van der Waals surface area contributed by atoms with Crippen LogP contribution in [-0.4, -0.2) is 104 Å². The number of nitrogens with zero attached hydrogens (tertiary/aromatic N) is 2. The van der Waals surface area contributed by atoms with Crippen molar-refractivity contribution in [2.24, 2.45) is 17.2 Å². The monoisotopic (exact) mass is 1050 g/mol. The Morgan fingerprint density at radius 2 is 0.892 bits per heavy atom. The summed E-state index contributed by atoms with van der Waals surface area (Å²) in [5.74, 6) is -1.49. The lowest BCUT2D eigenvalue weighted by atomic mass is 10.0. The first-order valence-electron chi connectivity index (χ1n) is 25.2. The molecule has 4 aromatic carbocycles. The first-order chi connectivity index (χ1) is 35.7. The van der Waals surface area contributed by atoms with Gasteiger partial charge in [0.1, 0.15) is 35.7 Å². The van der Waals surface area contributed by atoms with Crippen LogP contribution in [0.3, 0.4) is 0 Å². The highest BCUT2D eigenvalue weighted by molar-refractivity contribution is 6.32. The highest BCUT2D eigenvalue weighted by atomic mass is 35.5. The molecule has 0 fully saturated rings. The number of ether oxygens (including phenoxy) is 2. The normalized spacial score (nSPS) is 13.0. The number of aromatic nitrogens is 2. The van der Waals surface area contributed by atoms with Crippen molar-refractivity contribution in [3.63, 3.8) is 0 Å². The number of halogens is 2. The summed E-state index contributed by atoms with van der Waals surface area (Å²) in [5, 5.41) is 23.0. The van der Waals surface area contributed by atoms with E-state index in [1.54, 1.807) is 14.2 Å². The zero-order valence-electron chi connectivity index (χ0n) is 42.3. The molecule has 0 saturated heterocycles. The molecule has 396 valence electrons. The van der Waals surface area contributed by atoms with Gasteiger partial charge in [0.2, 0.25) is 29.5 Å². The van der Waals surface area contributed by atoms with Crippen LogP contribution < -0.4 is 58.6 Å². The number of pyridine rings is 2. The van der Waals surface area contributed by atoms with E-state index in [-0.39, 0.29) is 25.7 Å². The van der Waals surface area contributed by atoms with E-state index >= 15 is 0 Å². The molecule has 0 bridgehead atoms. The topological polar surface area (TPSA) is 280 Å². The largest absolute Gasteiger partial charge is 0.497 e. The summed E-state index contributed by atoms with van der Waals surface area (Å²) in [4.78, 5) is 76.9. The molecule has 12 N–H and O–H groups in total. The third-order valence-corrected chi connectivity index (χ3v) is 13.3. The number of carbonyl (C=O) groups is 5. The first-order valence-corrected chi connectivity index (χ1v) is 26.0. The summed E-state index contributed by atoms with van der Waals surface area (Å²) in [6.45, 7) is 3.12. The number of rotatable bonds is 30. The molecule has 0 aliphatic heterocycles. The van der Waals surface area contributed by atoms with Crippen LogP contribution in [0.25, 0.3) is 43.6 Å². The summed E-state index contributed by atoms with van der Waals surface area (Å²) in [5.41, 5.74) is 22.2. The molecular weight excluding hydrogens is 986 g/mol. The Balaban J connectivity index is 1.07. The van der Waals surface area contributed by atoms with Gasteiger partial charge < -0.3 is 58.6 Å². The van der Waals surface area contributed by atoms with Crippen molar-refractivity contribution in [3.8, 4) is 11.5 Å². The lowest BCUT2D eigenvalue weighted by molar-refractivity contribution is -0.134. The number of methoxy groups -OCH3 is 2. The molecule has 18 nitrogen and oxygen atoms in total. The van der Waals surface area contributed by atoms with Gasteiger partial charge in [-0.05, 0) is 163 Å². The lowest BCUT2D eigenvalue weighted by Gasteiger charge is -2.26. The minimum atomic E-state index is -1.07. The van der Waals surface area contributed by atoms with Gasteiger partial charge in [0, 0.05) is 51.6 Å². The van der Waals surface area contributed by atoms with E-state index in [9.17, 15) is 24.0 Å². The van der Waals surface area contributed by atoms with Gasteiger partial charge in [0.25, 0.3) is 0 Å². The zero-order chi connectivity index (χ0) is 53.1. The quantitative estimate of drug-likeness (QED) is 0.0163. The number of hydrogen-bond acceptors (Lipinski definition) is 13.